The molecule has 0 spiro atoms. The van der Waals surface area contributed by atoms with Gasteiger partial charge in [-0.1, -0.05) is 17.7 Å². The highest BCUT2D eigenvalue weighted by atomic mass is 16.2. The van der Waals surface area contributed by atoms with Gasteiger partial charge in [0.15, 0.2) is 0 Å². The number of aryl methyl sites for hydroxylation is 1. The molecule has 1 saturated heterocycles. The Kier molecular flexibility index (Phi) is 6.30. The molecule has 0 N–H and O–H groups in total. The van der Waals surface area contributed by atoms with E-state index in [9.17, 15) is 19.2 Å². The van der Waals surface area contributed by atoms with Crippen LogP contribution in [0.25, 0.3) is 0 Å². The van der Waals surface area contributed by atoms with Crippen molar-refractivity contribution < 1.29 is 19.2 Å². The number of hydrogen-bond acceptors (Lipinski definition) is 5. The maximum Gasteiger partial charge on any atom is 0.261 e. The average molecular weight is 434 g/mol. The van der Waals surface area contributed by atoms with E-state index in [1.807, 2.05) is 31.2 Å². The second kappa shape index (κ2) is 9.30. The van der Waals surface area contributed by atoms with Gasteiger partial charge in [0.2, 0.25) is 11.8 Å². The molecule has 1 fully saturated rings. The van der Waals surface area contributed by atoms with E-state index < -0.39 is 0 Å². The Hall–Kier alpha value is -3.55. The van der Waals surface area contributed by atoms with Crippen molar-refractivity contribution in [1.29, 1.82) is 0 Å². The predicted octanol–water partition coefficient (Wildman–Crippen LogP) is 1.68. The third kappa shape index (κ3) is 4.54. The predicted molar refractivity (Wildman–Crippen MR) is 117 cm³/mol. The third-order valence-electron chi connectivity index (χ3n) is 5.94. The van der Waals surface area contributed by atoms with E-state index in [1.54, 1.807) is 28.1 Å². The van der Waals surface area contributed by atoms with Gasteiger partial charge in [0.05, 0.1) is 17.5 Å². The van der Waals surface area contributed by atoms with E-state index >= 15 is 0 Å². The molecule has 2 aromatic rings. The number of benzene rings is 1. The van der Waals surface area contributed by atoms with Gasteiger partial charge in [0.25, 0.3) is 11.8 Å². The number of nitrogens with zero attached hydrogens (tertiary/aromatic N) is 4. The molecule has 0 atom stereocenters. The number of carbonyl (C=O) groups excluding carboxylic acids is 4. The summed E-state index contributed by atoms with van der Waals surface area (Å²) >= 11 is 0. The SMILES string of the molecule is Cc1ccc2c(c1)C(=O)N(CCCC(=O)N1CCN(C(=O)Cc3ccccn3)CC1)C2=O. The van der Waals surface area contributed by atoms with Crippen molar-refractivity contribution in [2.75, 3.05) is 32.7 Å². The standard InChI is InChI=1S/C24H26N4O4/c1-17-7-8-19-20(15-17)24(32)28(23(19)31)10-4-6-21(29)26-11-13-27(14-12-26)22(30)16-18-5-2-3-9-25-18/h2-3,5,7-9,15H,4,6,10-14,16H2,1H3. The Bertz CT molecular complexity index is 1050. The van der Waals surface area contributed by atoms with Crippen LogP contribution in [-0.2, 0) is 16.0 Å². The Morgan fingerprint density at radius 1 is 0.906 bits per heavy atom. The van der Waals surface area contributed by atoms with Crippen LogP contribution in [0, 0.1) is 6.92 Å². The highest BCUT2D eigenvalue weighted by molar-refractivity contribution is 6.21. The molecule has 166 valence electrons. The molecule has 3 heterocycles. The lowest BCUT2D eigenvalue weighted by atomic mass is 10.1. The summed E-state index contributed by atoms with van der Waals surface area (Å²) in [6, 6.07) is 10.7. The van der Waals surface area contributed by atoms with E-state index in [4.69, 9.17) is 0 Å². The van der Waals surface area contributed by atoms with Crippen molar-refractivity contribution in [3.8, 4) is 0 Å². The lowest BCUT2D eigenvalue weighted by molar-refractivity contribution is -0.139. The molecule has 4 rings (SSSR count). The van der Waals surface area contributed by atoms with Crippen LogP contribution in [0.5, 0.6) is 0 Å². The summed E-state index contributed by atoms with van der Waals surface area (Å²) in [5.41, 5.74) is 2.53. The molecular formula is C24H26N4O4. The van der Waals surface area contributed by atoms with Gasteiger partial charge in [-0.15, -0.1) is 0 Å². The van der Waals surface area contributed by atoms with Gasteiger partial charge in [-0.05, 0) is 37.6 Å². The zero-order valence-electron chi connectivity index (χ0n) is 18.1. The number of fused-ring (bicyclic) bond motifs is 1. The minimum Gasteiger partial charge on any atom is -0.339 e. The van der Waals surface area contributed by atoms with Crippen LogP contribution in [0.3, 0.4) is 0 Å². The molecule has 0 unspecified atom stereocenters. The van der Waals surface area contributed by atoms with Gasteiger partial charge in [0.1, 0.15) is 0 Å². The first kappa shape index (κ1) is 21.7. The minimum atomic E-state index is -0.294. The summed E-state index contributed by atoms with van der Waals surface area (Å²) in [5, 5.41) is 0. The van der Waals surface area contributed by atoms with E-state index in [0.29, 0.717) is 43.7 Å². The first-order valence-electron chi connectivity index (χ1n) is 10.9. The van der Waals surface area contributed by atoms with Crippen LogP contribution in [0.2, 0.25) is 0 Å². The largest absolute Gasteiger partial charge is 0.339 e. The Balaban J connectivity index is 1.22. The second-order valence-corrected chi connectivity index (χ2v) is 8.17. The molecule has 0 radical (unpaired) electrons. The highest BCUT2D eigenvalue weighted by Crippen LogP contribution is 2.24. The Morgan fingerprint density at radius 3 is 2.28 bits per heavy atom. The van der Waals surface area contributed by atoms with Gasteiger partial charge >= 0.3 is 0 Å². The molecule has 32 heavy (non-hydrogen) atoms. The van der Waals surface area contributed by atoms with Crippen LogP contribution in [0.4, 0.5) is 0 Å². The summed E-state index contributed by atoms with van der Waals surface area (Å²) in [5.74, 6) is -0.593. The molecule has 8 heteroatoms. The summed E-state index contributed by atoms with van der Waals surface area (Å²) < 4.78 is 0. The van der Waals surface area contributed by atoms with Crippen molar-refractivity contribution >= 4 is 23.6 Å². The number of aromatic nitrogens is 1. The van der Waals surface area contributed by atoms with Crippen LogP contribution in [-0.4, -0.2) is 76.0 Å². The smallest absolute Gasteiger partial charge is 0.261 e. The molecule has 0 saturated carbocycles. The van der Waals surface area contributed by atoms with Crippen molar-refractivity contribution in [2.24, 2.45) is 0 Å². The van der Waals surface area contributed by atoms with Crippen LogP contribution < -0.4 is 0 Å². The summed E-state index contributed by atoms with van der Waals surface area (Å²) in [7, 11) is 0. The van der Waals surface area contributed by atoms with E-state index in [0.717, 1.165) is 11.3 Å². The lowest BCUT2D eigenvalue weighted by Crippen LogP contribution is -2.51. The quantitative estimate of drug-likeness (QED) is 0.645. The second-order valence-electron chi connectivity index (χ2n) is 8.17. The zero-order valence-corrected chi connectivity index (χ0v) is 18.1. The van der Waals surface area contributed by atoms with Crippen molar-refractivity contribution in [3.63, 3.8) is 0 Å². The van der Waals surface area contributed by atoms with Crippen LogP contribution >= 0.6 is 0 Å². The first-order chi connectivity index (χ1) is 15.4. The monoisotopic (exact) mass is 434 g/mol. The summed E-state index contributed by atoms with van der Waals surface area (Å²) in [4.78, 5) is 59.0. The van der Waals surface area contributed by atoms with E-state index in [-0.39, 0.29) is 43.0 Å². The Labute approximate surface area is 186 Å². The number of rotatable bonds is 6. The van der Waals surface area contributed by atoms with Gasteiger partial charge in [-0.25, -0.2) is 0 Å². The summed E-state index contributed by atoms with van der Waals surface area (Å²) in [6.07, 6.45) is 2.60. The molecule has 1 aromatic heterocycles. The lowest BCUT2D eigenvalue weighted by Gasteiger charge is -2.35. The number of pyridine rings is 1. The minimum absolute atomic E-state index is 0.0108. The van der Waals surface area contributed by atoms with Gasteiger partial charge in [-0.2, -0.15) is 0 Å². The fourth-order valence-corrected chi connectivity index (χ4v) is 4.13. The number of imide groups is 1. The van der Waals surface area contributed by atoms with E-state index in [1.165, 1.54) is 4.90 Å². The molecule has 2 aliphatic heterocycles. The van der Waals surface area contributed by atoms with Crippen molar-refractivity contribution in [1.82, 2.24) is 19.7 Å². The maximum atomic E-state index is 12.6. The molecule has 1 aromatic carbocycles. The average Bonchev–Trinajstić information content (AvgIpc) is 3.04. The highest BCUT2D eigenvalue weighted by Gasteiger charge is 2.35. The molecule has 2 aliphatic rings. The molecular weight excluding hydrogens is 408 g/mol. The number of carbonyl (C=O) groups is 4. The zero-order chi connectivity index (χ0) is 22.7. The van der Waals surface area contributed by atoms with E-state index in [2.05, 4.69) is 4.98 Å². The normalized spacial score (nSPS) is 15.8. The number of amides is 4. The fourth-order valence-electron chi connectivity index (χ4n) is 4.13. The van der Waals surface area contributed by atoms with Gasteiger partial charge in [-0.3, -0.25) is 29.1 Å². The summed E-state index contributed by atoms with van der Waals surface area (Å²) in [6.45, 7) is 4.06. The number of piperazine rings is 1. The first-order valence-corrected chi connectivity index (χ1v) is 10.9. The van der Waals surface area contributed by atoms with Crippen LogP contribution in [0.1, 0.15) is 44.8 Å². The van der Waals surface area contributed by atoms with Gasteiger partial charge < -0.3 is 9.80 Å². The van der Waals surface area contributed by atoms with Crippen LogP contribution in [0.15, 0.2) is 42.6 Å². The fraction of sp³-hybridized carbons (Fsp3) is 0.375. The Morgan fingerprint density at radius 2 is 1.59 bits per heavy atom. The van der Waals surface area contributed by atoms with Crippen molar-refractivity contribution in [2.45, 2.75) is 26.2 Å². The van der Waals surface area contributed by atoms with Crippen molar-refractivity contribution in [3.05, 3.63) is 65.0 Å². The topological polar surface area (TPSA) is 90.9 Å². The third-order valence-corrected chi connectivity index (χ3v) is 5.94. The molecule has 0 aliphatic carbocycles. The maximum absolute atomic E-state index is 12.6. The molecule has 0 bridgehead atoms. The number of hydrogen-bond donors (Lipinski definition) is 0. The molecule has 4 amide bonds. The van der Waals surface area contributed by atoms with Gasteiger partial charge in [0, 0.05) is 51.0 Å². The molecule has 8 nitrogen and oxygen atoms in total.